The zero-order chi connectivity index (χ0) is 13.4. The lowest BCUT2D eigenvalue weighted by molar-refractivity contribution is 0.620. The molecule has 3 heterocycles. The number of aromatic nitrogens is 4. The van der Waals surface area contributed by atoms with Gasteiger partial charge in [-0.2, -0.15) is 5.10 Å². The molecule has 0 saturated carbocycles. The van der Waals surface area contributed by atoms with Gasteiger partial charge in [-0.05, 0) is 24.3 Å². The summed E-state index contributed by atoms with van der Waals surface area (Å²) in [5, 5.41) is 7.07. The zero-order valence-electron chi connectivity index (χ0n) is 10.4. The van der Waals surface area contributed by atoms with Gasteiger partial charge in [-0.15, -0.1) is 0 Å². The number of nitrogens with one attached hydrogen (secondary N) is 1. The van der Waals surface area contributed by atoms with Crippen LogP contribution in [0.2, 0.25) is 0 Å². The first-order valence-electron chi connectivity index (χ1n) is 6.21. The predicted octanol–water partition coefficient (Wildman–Crippen LogP) is 3.28. The van der Waals surface area contributed by atoms with Gasteiger partial charge in [0.2, 0.25) is 5.89 Å². The zero-order valence-corrected chi connectivity index (χ0v) is 10.4. The third-order valence-corrected chi connectivity index (χ3v) is 3.11. The molecule has 1 N–H and O–H groups in total. The number of nitrogens with zero attached hydrogens (tertiary/aromatic N) is 3. The van der Waals surface area contributed by atoms with Crippen molar-refractivity contribution in [2.75, 3.05) is 0 Å². The van der Waals surface area contributed by atoms with Gasteiger partial charge in [-0.25, -0.2) is 4.98 Å². The van der Waals surface area contributed by atoms with Crippen LogP contribution in [-0.4, -0.2) is 20.2 Å². The molecule has 0 aliphatic heterocycles. The first kappa shape index (κ1) is 10.9. The predicted molar refractivity (Wildman–Crippen MR) is 74.8 cm³/mol. The Kier molecular flexibility index (Phi) is 2.35. The number of aromatic amines is 1. The Balaban J connectivity index is 1.89. The van der Waals surface area contributed by atoms with E-state index in [-0.39, 0.29) is 0 Å². The van der Waals surface area contributed by atoms with Gasteiger partial charge < -0.3 is 4.42 Å². The number of rotatable bonds is 2. The number of para-hydroxylation sites is 2. The van der Waals surface area contributed by atoms with Crippen molar-refractivity contribution in [3.05, 3.63) is 55.0 Å². The molecule has 0 bridgehead atoms. The summed E-state index contributed by atoms with van der Waals surface area (Å²) in [6, 6.07) is 11.5. The second kappa shape index (κ2) is 4.31. The van der Waals surface area contributed by atoms with Gasteiger partial charge in [0.1, 0.15) is 5.52 Å². The highest BCUT2D eigenvalue weighted by molar-refractivity contribution is 5.81. The summed E-state index contributed by atoms with van der Waals surface area (Å²) in [7, 11) is 0. The molecule has 0 aliphatic rings. The molecule has 0 radical (unpaired) electrons. The molecular weight excluding hydrogens is 252 g/mol. The lowest BCUT2D eigenvalue weighted by Crippen LogP contribution is -1.83. The Morgan fingerprint density at radius 1 is 1.00 bits per heavy atom. The highest BCUT2D eigenvalue weighted by Crippen LogP contribution is 2.31. The van der Waals surface area contributed by atoms with E-state index in [0.29, 0.717) is 5.89 Å². The van der Waals surface area contributed by atoms with E-state index < -0.39 is 0 Å². The molecule has 1 aromatic carbocycles. The summed E-state index contributed by atoms with van der Waals surface area (Å²) >= 11 is 0. The molecule has 96 valence electrons. The topological polar surface area (TPSA) is 67.6 Å². The number of fused-ring (bicyclic) bond motifs is 1. The fourth-order valence-corrected chi connectivity index (χ4v) is 2.17. The molecule has 0 amide bonds. The van der Waals surface area contributed by atoms with Crippen LogP contribution in [-0.2, 0) is 0 Å². The second-order valence-corrected chi connectivity index (χ2v) is 4.39. The maximum Gasteiger partial charge on any atom is 0.231 e. The quantitative estimate of drug-likeness (QED) is 0.602. The van der Waals surface area contributed by atoms with E-state index in [1.165, 1.54) is 0 Å². The summed E-state index contributed by atoms with van der Waals surface area (Å²) < 4.78 is 5.78. The number of pyridine rings is 1. The van der Waals surface area contributed by atoms with Crippen molar-refractivity contribution in [2.45, 2.75) is 0 Å². The van der Waals surface area contributed by atoms with E-state index in [2.05, 4.69) is 20.2 Å². The van der Waals surface area contributed by atoms with Crippen LogP contribution in [0, 0.1) is 0 Å². The summed E-state index contributed by atoms with van der Waals surface area (Å²) in [6.07, 6.45) is 5.23. The highest BCUT2D eigenvalue weighted by atomic mass is 16.3. The molecule has 0 fully saturated rings. The third kappa shape index (κ3) is 1.68. The number of benzene rings is 1. The van der Waals surface area contributed by atoms with E-state index in [4.69, 9.17) is 4.42 Å². The first-order valence-corrected chi connectivity index (χ1v) is 6.21. The van der Waals surface area contributed by atoms with Crippen molar-refractivity contribution in [3.63, 3.8) is 0 Å². The molecule has 4 aromatic rings. The van der Waals surface area contributed by atoms with Crippen LogP contribution in [0.15, 0.2) is 59.4 Å². The molecule has 0 aliphatic carbocycles. The van der Waals surface area contributed by atoms with Crippen LogP contribution in [0.25, 0.3) is 33.8 Å². The van der Waals surface area contributed by atoms with Crippen molar-refractivity contribution in [1.82, 2.24) is 20.2 Å². The minimum atomic E-state index is 0.554. The van der Waals surface area contributed by atoms with Crippen LogP contribution in [0.5, 0.6) is 0 Å². The van der Waals surface area contributed by atoms with Crippen molar-refractivity contribution in [1.29, 1.82) is 0 Å². The Morgan fingerprint density at radius 3 is 2.80 bits per heavy atom. The van der Waals surface area contributed by atoms with Crippen molar-refractivity contribution >= 4 is 11.1 Å². The van der Waals surface area contributed by atoms with E-state index in [1.807, 2.05) is 36.4 Å². The van der Waals surface area contributed by atoms with E-state index >= 15 is 0 Å². The minimum Gasteiger partial charge on any atom is -0.436 e. The smallest absolute Gasteiger partial charge is 0.231 e. The molecule has 5 heteroatoms. The van der Waals surface area contributed by atoms with Crippen molar-refractivity contribution in [2.24, 2.45) is 0 Å². The molecule has 0 atom stereocenters. The molecule has 20 heavy (non-hydrogen) atoms. The summed E-state index contributed by atoms with van der Waals surface area (Å²) in [5.74, 6) is 0.554. The maximum atomic E-state index is 5.78. The second-order valence-electron chi connectivity index (χ2n) is 4.39. The summed E-state index contributed by atoms with van der Waals surface area (Å²) in [6.45, 7) is 0. The molecule has 3 aromatic heterocycles. The Bertz CT molecular complexity index is 831. The van der Waals surface area contributed by atoms with Crippen molar-refractivity contribution in [3.8, 4) is 22.7 Å². The average Bonchev–Trinajstić information content (AvgIpc) is 3.14. The Labute approximate surface area is 114 Å². The van der Waals surface area contributed by atoms with Crippen LogP contribution < -0.4 is 0 Å². The first-order chi connectivity index (χ1) is 9.92. The standard InChI is InChI=1S/C15H10N4O/c1-2-6-13-12(5-1)18-15(20-13)11-9-17-19-14(11)10-4-3-7-16-8-10/h1-9H,(H,17,19). The van der Waals surface area contributed by atoms with Crippen LogP contribution in [0.1, 0.15) is 0 Å². The largest absolute Gasteiger partial charge is 0.436 e. The molecule has 0 spiro atoms. The van der Waals surface area contributed by atoms with Crippen LogP contribution >= 0.6 is 0 Å². The fourth-order valence-electron chi connectivity index (χ4n) is 2.17. The number of oxazole rings is 1. The number of H-pyrrole nitrogens is 1. The van der Waals surface area contributed by atoms with E-state index in [0.717, 1.165) is 27.9 Å². The minimum absolute atomic E-state index is 0.554. The highest BCUT2D eigenvalue weighted by Gasteiger charge is 2.15. The lowest BCUT2D eigenvalue weighted by Gasteiger charge is -1.98. The Morgan fingerprint density at radius 2 is 1.95 bits per heavy atom. The lowest BCUT2D eigenvalue weighted by atomic mass is 10.1. The third-order valence-electron chi connectivity index (χ3n) is 3.11. The van der Waals surface area contributed by atoms with Gasteiger partial charge >= 0.3 is 0 Å². The van der Waals surface area contributed by atoms with Crippen molar-refractivity contribution < 1.29 is 4.42 Å². The summed E-state index contributed by atoms with van der Waals surface area (Å²) in [5.41, 5.74) is 4.22. The average molecular weight is 262 g/mol. The normalized spacial score (nSPS) is 11.0. The molecular formula is C15H10N4O. The molecule has 0 saturated heterocycles. The van der Waals surface area contributed by atoms with Crippen LogP contribution in [0.3, 0.4) is 0 Å². The number of hydrogen-bond donors (Lipinski definition) is 1. The van der Waals surface area contributed by atoms with Gasteiger partial charge in [-0.3, -0.25) is 10.1 Å². The molecule has 4 rings (SSSR count). The van der Waals surface area contributed by atoms with Gasteiger partial charge in [-0.1, -0.05) is 12.1 Å². The SMILES string of the molecule is c1cncc(-c2[nH]ncc2-c2nc3ccccc3o2)c1. The summed E-state index contributed by atoms with van der Waals surface area (Å²) in [4.78, 5) is 8.61. The molecule has 0 unspecified atom stereocenters. The Hall–Kier alpha value is -2.95. The van der Waals surface area contributed by atoms with E-state index in [9.17, 15) is 0 Å². The maximum absolute atomic E-state index is 5.78. The van der Waals surface area contributed by atoms with Gasteiger partial charge in [0.25, 0.3) is 0 Å². The van der Waals surface area contributed by atoms with Gasteiger partial charge in [0.15, 0.2) is 5.58 Å². The molecule has 5 nitrogen and oxygen atoms in total. The van der Waals surface area contributed by atoms with Gasteiger partial charge in [0.05, 0.1) is 17.5 Å². The van der Waals surface area contributed by atoms with Gasteiger partial charge in [0, 0.05) is 18.0 Å². The fraction of sp³-hybridized carbons (Fsp3) is 0. The monoisotopic (exact) mass is 262 g/mol. The van der Waals surface area contributed by atoms with E-state index in [1.54, 1.807) is 18.6 Å². The number of hydrogen-bond acceptors (Lipinski definition) is 4. The van der Waals surface area contributed by atoms with Crippen LogP contribution in [0.4, 0.5) is 0 Å².